The highest BCUT2D eigenvalue weighted by atomic mass is 32.2. The summed E-state index contributed by atoms with van der Waals surface area (Å²) in [6.45, 7) is 2.30. The van der Waals surface area contributed by atoms with Gasteiger partial charge in [-0.15, -0.1) is 0 Å². The van der Waals surface area contributed by atoms with Gasteiger partial charge in [0.2, 0.25) is 10.0 Å². The number of hydrogen-bond donors (Lipinski definition) is 1. The molecule has 1 N–H and O–H groups in total. The molecule has 1 saturated heterocycles. The van der Waals surface area contributed by atoms with Crippen molar-refractivity contribution in [1.29, 1.82) is 0 Å². The molecule has 22 heavy (non-hydrogen) atoms. The molecule has 0 amide bonds. The molecule has 122 valence electrons. The molecule has 1 aliphatic heterocycles. The van der Waals surface area contributed by atoms with Gasteiger partial charge < -0.3 is 4.74 Å². The van der Waals surface area contributed by atoms with E-state index in [4.69, 9.17) is 4.74 Å². The van der Waals surface area contributed by atoms with E-state index >= 15 is 0 Å². The zero-order valence-corrected chi connectivity index (χ0v) is 13.8. The van der Waals surface area contributed by atoms with E-state index in [-0.39, 0.29) is 5.25 Å². The van der Waals surface area contributed by atoms with E-state index in [0.29, 0.717) is 12.6 Å². The van der Waals surface area contributed by atoms with Crippen LogP contribution in [0.15, 0.2) is 24.3 Å². The van der Waals surface area contributed by atoms with Gasteiger partial charge in [-0.3, -0.25) is 4.90 Å². The van der Waals surface area contributed by atoms with E-state index in [2.05, 4.69) is 21.8 Å². The standard InChI is InChI=1S/C16H24N2O3S/c1-21-14-6-4-13(5-7-14)16-3-2-11-18(16)12-10-17-22(19,20)15-8-9-15/h4-7,15-17H,2-3,8-12H2,1H3. The van der Waals surface area contributed by atoms with E-state index in [9.17, 15) is 8.42 Å². The summed E-state index contributed by atoms with van der Waals surface area (Å²) in [6.07, 6.45) is 3.91. The van der Waals surface area contributed by atoms with Crippen LogP contribution in [0.2, 0.25) is 0 Å². The molecule has 1 heterocycles. The number of nitrogens with zero attached hydrogens (tertiary/aromatic N) is 1. The van der Waals surface area contributed by atoms with Gasteiger partial charge in [0.1, 0.15) is 5.75 Å². The molecule has 0 radical (unpaired) electrons. The molecular formula is C16H24N2O3S. The molecule has 0 spiro atoms. The normalized spacial score (nSPS) is 22.9. The Labute approximate surface area is 132 Å². The summed E-state index contributed by atoms with van der Waals surface area (Å²) in [4.78, 5) is 2.37. The van der Waals surface area contributed by atoms with Crippen LogP contribution < -0.4 is 9.46 Å². The van der Waals surface area contributed by atoms with Gasteiger partial charge in [-0.2, -0.15) is 0 Å². The smallest absolute Gasteiger partial charge is 0.214 e. The van der Waals surface area contributed by atoms with Crippen molar-refractivity contribution in [3.8, 4) is 5.75 Å². The number of benzene rings is 1. The number of ether oxygens (including phenoxy) is 1. The van der Waals surface area contributed by atoms with Crippen LogP contribution in [0.3, 0.4) is 0 Å². The summed E-state index contributed by atoms with van der Waals surface area (Å²) >= 11 is 0. The quantitative estimate of drug-likeness (QED) is 0.832. The maximum atomic E-state index is 11.8. The molecule has 0 bridgehead atoms. The van der Waals surface area contributed by atoms with Gasteiger partial charge in [0.05, 0.1) is 12.4 Å². The number of nitrogens with one attached hydrogen (secondary N) is 1. The van der Waals surface area contributed by atoms with E-state index in [1.165, 1.54) is 5.56 Å². The molecule has 2 fully saturated rings. The Morgan fingerprint density at radius 2 is 1.95 bits per heavy atom. The maximum absolute atomic E-state index is 11.8. The number of likely N-dealkylation sites (tertiary alicyclic amines) is 1. The van der Waals surface area contributed by atoms with Crippen molar-refractivity contribution >= 4 is 10.0 Å². The molecular weight excluding hydrogens is 300 g/mol. The lowest BCUT2D eigenvalue weighted by molar-refractivity contribution is 0.261. The lowest BCUT2D eigenvalue weighted by Crippen LogP contribution is -2.36. The minimum absolute atomic E-state index is 0.136. The van der Waals surface area contributed by atoms with Gasteiger partial charge in [-0.1, -0.05) is 12.1 Å². The molecule has 3 rings (SSSR count). The highest BCUT2D eigenvalue weighted by molar-refractivity contribution is 7.90. The van der Waals surface area contributed by atoms with Gasteiger partial charge in [0, 0.05) is 19.1 Å². The van der Waals surface area contributed by atoms with Gasteiger partial charge in [0.15, 0.2) is 0 Å². The van der Waals surface area contributed by atoms with Crippen LogP contribution >= 0.6 is 0 Å². The molecule has 1 atom stereocenters. The van der Waals surface area contributed by atoms with Crippen molar-refractivity contribution in [1.82, 2.24) is 9.62 Å². The van der Waals surface area contributed by atoms with Crippen LogP contribution in [-0.4, -0.2) is 45.3 Å². The minimum Gasteiger partial charge on any atom is -0.497 e. The SMILES string of the molecule is COc1ccc(C2CCCN2CCNS(=O)(=O)C2CC2)cc1. The molecule has 5 nitrogen and oxygen atoms in total. The molecule has 1 saturated carbocycles. The summed E-state index contributed by atoms with van der Waals surface area (Å²) in [6, 6.07) is 8.58. The third-order valence-electron chi connectivity index (χ3n) is 4.53. The first-order valence-electron chi connectivity index (χ1n) is 7.96. The number of sulfonamides is 1. The third kappa shape index (κ3) is 3.62. The highest BCUT2D eigenvalue weighted by Gasteiger charge is 2.35. The zero-order chi connectivity index (χ0) is 15.6. The Bertz CT molecular complexity index is 596. The van der Waals surface area contributed by atoms with Crippen LogP contribution in [0.1, 0.15) is 37.3 Å². The van der Waals surface area contributed by atoms with Crippen molar-refractivity contribution in [2.24, 2.45) is 0 Å². The van der Waals surface area contributed by atoms with E-state index < -0.39 is 10.0 Å². The summed E-state index contributed by atoms with van der Waals surface area (Å²) < 4.78 is 31.6. The number of methoxy groups -OCH3 is 1. The highest BCUT2D eigenvalue weighted by Crippen LogP contribution is 2.32. The van der Waals surface area contributed by atoms with E-state index in [1.807, 2.05) is 12.1 Å². The first kappa shape index (κ1) is 15.8. The molecule has 2 aliphatic rings. The number of rotatable bonds is 7. The predicted octanol–water partition coefficient (Wildman–Crippen LogP) is 1.91. The van der Waals surface area contributed by atoms with Gasteiger partial charge in [-0.05, 0) is 49.9 Å². The average Bonchev–Trinajstić information content (AvgIpc) is 3.29. The summed E-state index contributed by atoms with van der Waals surface area (Å²) in [5.41, 5.74) is 1.28. The Kier molecular flexibility index (Phi) is 4.70. The summed E-state index contributed by atoms with van der Waals surface area (Å²) in [5.74, 6) is 0.866. The molecule has 1 aromatic rings. The van der Waals surface area contributed by atoms with Gasteiger partial charge in [0.25, 0.3) is 0 Å². The predicted molar refractivity (Wildman–Crippen MR) is 86.5 cm³/mol. The second kappa shape index (κ2) is 6.56. The topological polar surface area (TPSA) is 58.6 Å². The Balaban J connectivity index is 1.55. The second-order valence-corrected chi connectivity index (χ2v) is 8.15. The Morgan fingerprint density at radius 1 is 1.23 bits per heavy atom. The maximum Gasteiger partial charge on any atom is 0.214 e. The van der Waals surface area contributed by atoms with Crippen LogP contribution in [-0.2, 0) is 10.0 Å². The summed E-state index contributed by atoms with van der Waals surface area (Å²) in [5, 5.41) is -0.136. The second-order valence-electron chi connectivity index (χ2n) is 6.11. The Hall–Kier alpha value is -1.11. The lowest BCUT2D eigenvalue weighted by atomic mass is 10.0. The monoisotopic (exact) mass is 324 g/mol. The fourth-order valence-electron chi connectivity index (χ4n) is 3.13. The molecule has 1 aliphatic carbocycles. The van der Waals surface area contributed by atoms with Crippen molar-refractivity contribution in [3.05, 3.63) is 29.8 Å². The van der Waals surface area contributed by atoms with Crippen LogP contribution in [0, 0.1) is 0 Å². The van der Waals surface area contributed by atoms with Crippen molar-refractivity contribution in [2.75, 3.05) is 26.7 Å². The first-order chi connectivity index (χ1) is 10.6. The third-order valence-corrected chi connectivity index (χ3v) is 6.49. The Morgan fingerprint density at radius 3 is 2.59 bits per heavy atom. The van der Waals surface area contributed by atoms with Crippen molar-refractivity contribution in [3.63, 3.8) is 0 Å². The molecule has 0 aromatic heterocycles. The van der Waals surface area contributed by atoms with Crippen LogP contribution in [0.25, 0.3) is 0 Å². The zero-order valence-electron chi connectivity index (χ0n) is 13.0. The molecule has 1 aromatic carbocycles. The summed E-state index contributed by atoms with van der Waals surface area (Å²) in [7, 11) is -1.39. The first-order valence-corrected chi connectivity index (χ1v) is 9.51. The minimum atomic E-state index is -3.06. The van der Waals surface area contributed by atoms with Crippen LogP contribution in [0.5, 0.6) is 5.75 Å². The largest absolute Gasteiger partial charge is 0.497 e. The van der Waals surface area contributed by atoms with Crippen molar-refractivity contribution in [2.45, 2.75) is 37.0 Å². The van der Waals surface area contributed by atoms with E-state index in [1.54, 1.807) is 7.11 Å². The molecule has 1 unspecified atom stereocenters. The average molecular weight is 324 g/mol. The lowest BCUT2D eigenvalue weighted by Gasteiger charge is -2.25. The fraction of sp³-hybridized carbons (Fsp3) is 0.625. The van der Waals surface area contributed by atoms with E-state index in [0.717, 1.165) is 44.5 Å². The molecule has 6 heteroatoms. The van der Waals surface area contributed by atoms with Crippen LogP contribution in [0.4, 0.5) is 0 Å². The van der Waals surface area contributed by atoms with Crippen molar-refractivity contribution < 1.29 is 13.2 Å². The fourth-order valence-corrected chi connectivity index (χ4v) is 4.49. The van der Waals surface area contributed by atoms with Gasteiger partial charge in [-0.25, -0.2) is 13.1 Å². The number of hydrogen-bond acceptors (Lipinski definition) is 4. The van der Waals surface area contributed by atoms with Gasteiger partial charge >= 0.3 is 0 Å².